The summed E-state index contributed by atoms with van der Waals surface area (Å²) < 4.78 is 10.9. The zero-order chi connectivity index (χ0) is 19.3. The summed E-state index contributed by atoms with van der Waals surface area (Å²) in [7, 11) is 1.66. The predicted octanol–water partition coefficient (Wildman–Crippen LogP) is 3.53. The van der Waals surface area contributed by atoms with E-state index < -0.39 is 0 Å². The maximum Gasteiger partial charge on any atom is 0.126 e. The van der Waals surface area contributed by atoms with Gasteiger partial charge in [0, 0.05) is 13.1 Å². The lowest BCUT2D eigenvalue weighted by molar-refractivity contribution is -0.0156. The van der Waals surface area contributed by atoms with Crippen molar-refractivity contribution in [2.24, 2.45) is 0 Å². The van der Waals surface area contributed by atoms with E-state index in [0.717, 1.165) is 41.5 Å². The molecule has 0 aliphatic carbocycles. The number of imidazole rings is 1. The van der Waals surface area contributed by atoms with Gasteiger partial charge in [0.15, 0.2) is 0 Å². The van der Waals surface area contributed by atoms with Gasteiger partial charge in [0.1, 0.15) is 11.6 Å². The van der Waals surface area contributed by atoms with Gasteiger partial charge in [0.2, 0.25) is 0 Å². The van der Waals surface area contributed by atoms with Gasteiger partial charge < -0.3 is 14.5 Å². The highest BCUT2D eigenvalue weighted by atomic mass is 16.5. The van der Waals surface area contributed by atoms with E-state index in [1.165, 1.54) is 0 Å². The molecule has 2 heterocycles. The lowest BCUT2D eigenvalue weighted by atomic mass is 10.1. The molecule has 0 bridgehead atoms. The molecule has 0 saturated carbocycles. The number of aromatic amines is 1. The Labute approximate surface area is 164 Å². The first-order valence-electron chi connectivity index (χ1n) is 9.27. The van der Waals surface area contributed by atoms with Crippen molar-refractivity contribution in [3.8, 4) is 23.1 Å². The molecule has 1 N–H and O–H groups in total. The zero-order valence-corrected chi connectivity index (χ0v) is 15.8. The van der Waals surface area contributed by atoms with E-state index in [2.05, 4.69) is 27.0 Å². The fraction of sp³-hybridized carbons (Fsp3) is 0.273. The van der Waals surface area contributed by atoms with Gasteiger partial charge in [-0.05, 0) is 47.5 Å². The van der Waals surface area contributed by atoms with Crippen LogP contribution >= 0.6 is 0 Å². The number of morpholine rings is 1. The summed E-state index contributed by atoms with van der Waals surface area (Å²) in [5.41, 5.74) is 3.83. The Morgan fingerprint density at radius 3 is 2.93 bits per heavy atom. The predicted molar refractivity (Wildman–Crippen MR) is 106 cm³/mol. The van der Waals surface area contributed by atoms with Crippen LogP contribution in [0.5, 0.6) is 5.75 Å². The number of nitriles is 1. The largest absolute Gasteiger partial charge is 0.497 e. The number of hydrogen-bond donors (Lipinski definition) is 1. The van der Waals surface area contributed by atoms with Crippen molar-refractivity contribution in [3.05, 3.63) is 71.7 Å². The van der Waals surface area contributed by atoms with Crippen molar-refractivity contribution in [1.82, 2.24) is 14.9 Å². The van der Waals surface area contributed by atoms with Crippen molar-refractivity contribution >= 4 is 0 Å². The van der Waals surface area contributed by atoms with Crippen molar-refractivity contribution < 1.29 is 9.47 Å². The highest BCUT2D eigenvalue weighted by Crippen LogP contribution is 2.27. The first kappa shape index (κ1) is 18.2. The van der Waals surface area contributed by atoms with Gasteiger partial charge in [-0.1, -0.05) is 12.1 Å². The van der Waals surface area contributed by atoms with Gasteiger partial charge >= 0.3 is 0 Å². The molecule has 1 aliphatic rings. The van der Waals surface area contributed by atoms with Crippen LogP contribution in [0.1, 0.15) is 23.0 Å². The van der Waals surface area contributed by atoms with E-state index in [4.69, 9.17) is 14.7 Å². The van der Waals surface area contributed by atoms with E-state index in [1.807, 2.05) is 48.7 Å². The second kappa shape index (κ2) is 8.26. The maximum absolute atomic E-state index is 9.14. The van der Waals surface area contributed by atoms with E-state index in [9.17, 15) is 0 Å². The molecule has 28 heavy (non-hydrogen) atoms. The number of rotatable bonds is 5. The first-order valence-corrected chi connectivity index (χ1v) is 9.27. The van der Waals surface area contributed by atoms with Crippen LogP contribution in [0, 0.1) is 11.3 Å². The molecule has 2 aromatic carbocycles. The molecule has 6 heteroatoms. The van der Waals surface area contributed by atoms with Crippen LogP contribution in [0.15, 0.2) is 54.7 Å². The zero-order valence-electron chi connectivity index (χ0n) is 15.8. The smallest absolute Gasteiger partial charge is 0.126 e. The van der Waals surface area contributed by atoms with Gasteiger partial charge in [0.05, 0.1) is 49.9 Å². The third-order valence-corrected chi connectivity index (χ3v) is 4.99. The number of ether oxygens (including phenoxy) is 2. The minimum absolute atomic E-state index is 0.0477. The normalized spacial score (nSPS) is 17.2. The number of H-pyrrole nitrogens is 1. The molecule has 3 aromatic rings. The molecule has 1 saturated heterocycles. The molecule has 1 atom stereocenters. The molecular weight excluding hydrogens is 352 g/mol. The van der Waals surface area contributed by atoms with Gasteiger partial charge in [-0.3, -0.25) is 4.90 Å². The minimum atomic E-state index is 0.0477. The molecule has 0 amide bonds. The van der Waals surface area contributed by atoms with E-state index in [-0.39, 0.29) is 6.04 Å². The van der Waals surface area contributed by atoms with Crippen LogP contribution < -0.4 is 4.74 Å². The number of hydrogen-bond acceptors (Lipinski definition) is 5. The molecule has 1 unspecified atom stereocenters. The maximum atomic E-state index is 9.14. The van der Waals surface area contributed by atoms with Gasteiger partial charge in [0.25, 0.3) is 0 Å². The first-order chi connectivity index (χ1) is 13.8. The third-order valence-electron chi connectivity index (χ3n) is 4.99. The average molecular weight is 374 g/mol. The summed E-state index contributed by atoms with van der Waals surface area (Å²) in [5.74, 6) is 1.72. The quantitative estimate of drug-likeness (QED) is 0.739. The van der Waals surface area contributed by atoms with Crippen molar-refractivity contribution in [3.63, 3.8) is 0 Å². The fourth-order valence-corrected chi connectivity index (χ4v) is 3.48. The topological polar surface area (TPSA) is 74.2 Å². The van der Waals surface area contributed by atoms with Gasteiger partial charge in [-0.15, -0.1) is 0 Å². The van der Waals surface area contributed by atoms with Crippen molar-refractivity contribution in [2.75, 3.05) is 26.9 Å². The lowest BCUT2D eigenvalue weighted by Crippen LogP contribution is -2.39. The second-order valence-corrected chi connectivity index (χ2v) is 6.78. The molecular formula is C22H22N4O2. The summed E-state index contributed by atoms with van der Waals surface area (Å²) in [4.78, 5) is 10.4. The Bertz CT molecular complexity index is 975. The Hall–Kier alpha value is -3.14. The van der Waals surface area contributed by atoms with E-state index >= 15 is 0 Å². The van der Waals surface area contributed by atoms with Gasteiger partial charge in [-0.2, -0.15) is 5.26 Å². The Morgan fingerprint density at radius 1 is 1.29 bits per heavy atom. The number of methoxy groups -OCH3 is 1. The van der Waals surface area contributed by atoms with E-state index in [1.54, 1.807) is 7.11 Å². The Morgan fingerprint density at radius 2 is 2.14 bits per heavy atom. The molecule has 142 valence electrons. The van der Waals surface area contributed by atoms with Crippen LogP contribution in [-0.4, -0.2) is 41.7 Å². The molecule has 4 rings (SSSR count). The van der Waals surface area contributed by atoms with E-state index in [0.29, 0.717) is 18.8 Å². The van der Waals surface area contributed by atoms with Crippen LogP contribution in [0.2, 0.25) is 0 Å². The number of benzene rings is 2. The summed E-state index contributed by atoms with van der Waals surface area (Å²) in [6.45, 7) is 2.86. The highest BCUT2D eigenvalue weighted by Gasteiger charge is 2.27. The number of nitrogens with one attached hydrogen (secondary N) is 1. The Kier molecular flexibility index (Phi) is 5.38. The summed E-state index contributed by atoms with van der Waals surface area (Å²) in [5, 5.41) is 9.14. The molecule has 1 aromatic heterocycles. The summed E-state index contributed by atoms with van der Waals surface area (Å²) in [6.07, 6.45) is 1.86. The van der Waals surface area contributed by atoms with Crippen molar-refractivity contribution in [1.29, 1.82) is 5.26 Å². The molecule has 0 radical (unpaired) electrons. The minimum Gasteiger partial charge on any atom is -0.497 e. The molecule has 6 nitrogen and oxygen atoms in total. The Balaban J connectivity index is 1.54. The van der Waals surface area contributed by atoms with Crippen LogP contribution in [0.4, 0.5) is 0 Å². The SMILES string of the molecule is COc1ccc(-c2cnc(C3COCCN3Cc3cccc(C#N)c3)[nH]2)cc1. The second-order valence-electron chi connectivity index (χ2n) is 6.78. The highest BCUT2D eigenvalue weighted by molar-refractivity contribution is 5.59. The summed E-state index contributed by atoms with van der Waals surface area (Å²) >= 11 is 0. The summed E-state index contributed by atoms with van der Waals surface area (Å²) in [6, 6.07) is 17.9. The molecule has 1 fully saturated rings. The van der Waals surface area contributed by atoms with Crippen LogP contribution in [0.25, 0.3) is 11.3 Å². The third kappa shape index (κ3) is 3.91. The lowest BCUT2D eigenvalue weighted by Gasteiger charge is -2.34. The number of aromatic nitrogens is 2. The van der Waals surface area contributed by atoms with Crippen LogP contribution in [0.3, 0.4) is 0 Å². The van der Waals surface area contributed by atoms with Gasteiger partial charge in [-0.25, -0.2) is 4.98 Å². The standard InChI is InChI=1S/C22H22N4O2/c1-27-19-7-5-18(6-8-19)20-13-24-22(25-20)21-15-28-10-9-26(21)14-17-4-2-3-16(11-17)12-23/h2-8,11,13,21H,9-10,14-15H2,1H3,(H,24,25). The fourth-order valence-electron chi connectivity index (χ4n) is 3.48. The average Bonchev–Trinajstić information content (AvgIpc) is 3.24. The van der Waals surface area contributed by atoms with Crippen molar-refractivity contribution in [2.45, 2.75) is 12.6 Å². The molecule has 0 spiro atoms. The number of nitrogens with zero attached hydrogens (tertiary/aromatic N) is 3. The van der Waals surface area contributed by atoms with Crippen LogP contribution in [-0.2, 0) is 11.3 Å². The monoisotopic (exact) mass is 374 g/mol. The molecule has 1 aliphatic heterocycles.